The van der Waals surface area contributed by atoms with Crippen molar-refractivity contribution in [1.29, 1.82) is 0 Å². The molecular weight excluding hydrogens is 398 g/mol. The predicted octanol–water partition coefficient (Wildman–Crippen LogP) is 6.43. The highest BCUT2D eigenvalue weighted by molar-refractivity contribution is 6.29. The van der Waals surface area contributed by atoms with Crippen molar-refractivity contribution >= 4 is 23.2 Å². The van der Waals surface area contributed by atoms with Gasteiger partial charge in [-0.05, 0) is 74.9 Å². The first-order valence-corrected chi connectivity index (χ1v) is 10.3. The Bertz CT molecular complexity index is 948. The van der Waals surface area contributed by atoms with Crippen molar-refractivity contribution in [3.63, 3.8) is 0 Å². The lowest BCUT2D eigenvalue weighted by atomic mass is 10.2. The molecule has 0 heterocycles. The number of hydrogen-bond donors (Lipinski definition) is 0. The van der Waals surface area contributed by atoms with Crippen LogP contribution in [0.25, 0.3) is 0 Å². The Kier molecular flexibility index (Phi) is 7.01. The fourth-order valence-corrected chi connectivity index (χ4v) is 3.07. The van der Waals surface area contributed by atoms with Gasteiger partial charge in [0.15, 0.2) is 0 Å². The van der Waals surface area contributed by atoms with Gasteiger partial charge >= 0.3 is 0 Å². The number of carbonyl (C=O) groups is 1. The first-order valence-electron chi connectivity index (χ1n) is 9.81. The van der Waals surface area contributed by atoms with Crippen LogP contribution < -0.4 is 14.4 Å². The van der Waals surface area contributed by atoms with Crippen molar-refractivity contribution in [3.8, 4) is 17.2 Å². The van der Waals surface area contributed by atoms with Gasteiger partial charge in [-0.2, -0.15) is 0 Å². The zero-order valence-electron chi connectivity index (χ0n) is 17.5. The maximum absolute atomic E-state index is 12.4. The lowest BCUT2D eigenvalue weighted by molar-refractivity contribution is -0.116. The van der Waals surface area contributed by atoms with Gasteiger partial charge in [-0.1, -0.05) is 30.3 Å². The smallest absolute Gasteiger partial charge is 0.242 e. The largest absolute Gasteiger partial charge is 0.488 e. The molecule has 4 nitrogen and oxygen atoms in total. The maximum Gasteiger partial charge on any atom is 0.242 e. The van der Waals surface area contributed by atoms with Crippen molar-refractivity contribution in [3.05, 3.63) is 84.4 Å². The molecule has 0 saturated carbocycles. The van der Waals surface area contributed by atoms with Crippen LogP contribution in [0, 0.1) is 0 Å². The molecule has 0 saturated heterocycles. The van der Waals surface area contributed by atoms with E-state index in [1.807, 2.05) is 99.6 Å². The summed E-state index contributed by atoms with van der Waals surface area (Å²) in [6, 6.07) is 24.7. The number of halogens is 1. The fourth-order valence-electron chi connectivity index (χ4n) is 2.92. The van der Waals surface area contributed by atoms with Crippen LogP contribution in [0.5, 0.6) is 17.2 Å². The van der Waals surface area contributed by atoms with E-state index in [1.54, 1.807) is 4.90 Å². The molecule has 0 aliphatic rings. The van der Waals surface area contributed by atoms with Gasteiger partial charge in [-0.3, -0.25) is 4.79 Å². The number of benzene rings is 3. The summed E-state index contributed by atoms with van der Waals surface area (Å²) in [7, 11) is 0. The van der Waals surface area contributed by atoms with Gasteiger partial charge in [0.1, 0.15) is 28.7 Å². The number of hydrogen-bond acceptors (Lipinski definition) is 3. The number of nitrogens with zero attached hydrogens (tertiary/aromatic N) is 1. The summed E-state index contributed by atoms with van der Waals surface area (Å²) in [5.74, 6) is 1.96. The van der Waals surface area contributed by atoms with E-state index in [1.165, 1.54) is 0 Å². The summed E-state index contributed by atoms with van der Waals surface area (Å²) in [5, 5.41) is 0. The van der Waals surface area contributed by atoms with Gasteiger partial charge in [-0.25, -0.2) is 0 Å². The van der Waals surface area contributed by atoms with Crippen LogP contribution in [0.2, 0.25) is 0 Å². The molecule has 0 N–H and O–H groups in total. The van der Waals surface area contributed by atoms with Crippen molar-refractivity contribution in [2.45, 2.75) is 32.9 Å². The van der Waals surface area contributed by atoms with Gasteiger partial charge in [0.05, 0.1) is 6.54 Å². The third kappa shape index (κ3) is 6.26. The van der Waals surface area contributed by atoms with Crippen LogP contribution in [-0.2, 0) is 11.3 Å². The molecule has 0 atom stereocenters. The normalized spacial score (nSPS) is 11.1. The van der Waals surface area contributed by atoms with Gasteiger partial charge in [0.25, 0.3) is 0 Å². The Balaban J connectivity index is 1.70. The lowest BCUT2D eigenvalue weighted by Gasteiger charge is -2.22. The van der Waals surface area contributed by atoms with Gasteiger partial charge in [-0.15, -0.1) is 11.6 Å². The van der Waals surface area contributed by atoms with Crippen LogP contribution in [0.3, 0.4) is 0 Å². The molecule has 0 bridgehead atoms. The quantitative estimate of drug-likeness (QED) is 0.411. The van der Waals surface area contributed by atoms with E-state index in [-0.39, 0.29) is 17.4 Å². The van der Waals surface area contributed by atoms with Gasteiger partial charge in [0, 0.05) is 5.69 Å². The van der Waals surface area contributed by atoms with Crippen molar-refractivity contribution in [2.75, 3.05) is 10.8 Å². The van der Waals surface area contributed by atoms with Crippen LogP contribution in [0.15, 0.2) is 78.9 Å². The highest BCUT2D eigenvalue weighted by Crippen LogP contribution is 2.28. The molecule has 3 aromatic rings. The molecule has 5 heteroatoms. The third-order valence-corrected chi connectivity index (χ3v) is 4.46. The lowest BCUT2D eigenvalue weighted by Crippen LogP contribution is -2.31. The Hall–Kier alpha value is -2.98. The topological polar surface area (TPSA) is 38.8 Å². The van der Waals surface area contributed by atoms with E-state index in [4.69, 9.17) is 21.1 Å². The second-order valence-electron chi connectivity index (χ2n) is 7.88. The fraction of sp³-hybridized carbons (Fsp3) is 0.240. The maximum atomic E-state index is 12.4. The Morgan fingerprint density at radius 1 is 0.833 bits per heavy atom. The summed E-state index contributed by atoms with van der Waals surface area (Å²) in [6.07, 6.45) is 0. The Morgan fingerprint density at radius 3 is 1.90 bits per heavy atom. The second kappa shape index (κ2) is 9.68. The van der Waals surface area contributed by atoms with Crippen molar-refractivity contribution < 1.29 is 14.3 Å². The van der Waals surface area contributed by atoms with E-state index < -0.39 is 0 Å². The molecule has 0 radical (unpaired) electrons. The van der Waals surface area contributed by atoms with Crippen LogP contribution in [0.1, 0.15) is 26.3 Å². The van der Waals surface area contributed by atoms with E-state index in [2.05, 4.69) is 0 Å². The predicted molar refractivity (Wildman–Crippen MR) is 122 cm³/mol. The minimum atomic E-state index is -0.246. The van der Waals surface area contributed by atoms with E-state index in [9.17, 15) is 4.79 Å². The van der Waals surface area contributed by atoms with E-state index >= 15 is 0 Å². The molecule has 3 aromatic carbocycles. The first kappa shape index (κ1) is 21.7. The molecule has 3 rings (SSSR count). The molecule has 0 unspecified atom stereocenters. The number of anilines is 1. The number of amides is 1. The molecule has 30 heavy (non-hydrogen) atoms. The number of carbonyl (C=O) groups excluding carboxylic acids is 1. The molecular formula is C25H26ClNO3. The Morgan fingerprint density at radius 2 is 1.37 bits per heavy atom. The molecule has 0 aliphatic carbocycles. The monoisotopic (exact) mass is 423 g/mol. The number of alkyl halides is 1. The van der Waals surface area contributed by atoms with Gasteiger partial charge < -0.3 is 14.4 Å². The zero-order valence-corrected chi connectivity index (χ0v) is 18.2. The molecule has 0 aliphatic heterocycles. The van der Waals surface area contributed by atoms with E-state index in [0.29, 0.717) is 18.0 Å². The number of ether oxygens (including phenoxy) is 2. The molecule has 0 spiro atoms. The second-order valence-corrected chi connectivity index (χ2v) is 8.15. The highest BCUT2D eigenvalue weighted by atomic mass is 35.5. The third-order valence-electron chi connectivity index (χ3n) is 4.23. The summed E-state index contributed by atoms with van der Waals surface area (Å²) in [4.78, 5) is 14.0. The number of rotatable bonds is 7. The summed E-state index contributed by atoms with van der Waals surface area (Å²) in [6.45, 7) is 6.49. The molecule has 156 valence electrons. The standard InChI is InChI=1S/C25H26ClNO3/c1-25(2,3)30-23-15-13-22(14-16-23)29-21-11-9-20(10-12-21)27(24(28)17-26)18-19-7-5-4-6-8-19/h4-16H,17-18H2,1-3H3. The van der Waals surface area contributed by atoms with Crippen LogP contribution in [-0.4, -0.2) is 17.4 Å². The van der Waals surface area contributed by atoms with Crippen molar-refractivity contribution in [2.24, 2.45) is 0 Å². The Labute approximate surface area is 183 Å². The molecule has 1 amide bonds. The minimum Gasteiger partial charge on any atom is -0.488 e. The summed E-state index contributed by atoms with van der Waals surface area (Å²) >= 11 is 5.83. The van der Waals surface area contributed by atoms with E-state index in [0.717, 1.165) is 17.0 Å². The summed E-state index contributed by atoms with van der Waals surface area (Å²) in [5.41, 5.74) is 1.56. The minimum absolute atomic E-state index is 0.0753. The molecule has 0 fully saturated rings. The first-order chi connectivity index (χ1) is 14.3. The van der Waals surface area contributed by atoms with Gasteiger partial charge in [0.2, 0.25) is 5.91 Å². The SMILES string of the molecule is CC(C)(C)Oc1ccc(Oc2ccc(N(Cc3ccccc3)C(=O)CCl)cc2)cc1. The van der Waals surface area contributed by atoms with Crippen molar-refractivity contribution in [1.82, 2.24) is 0 Å². The van der Waals surface area contributed by atoms with Crippen LogP contribution >= 0.6 is 11.6 Å². The average molecular weight is 424 g/mol. The zero-order chi connectivity index (χ0) is 21.6. The highest BCUT2D eigenvalue weighted by Gasteiger charge is 2.16. The average Bonchev–Trinajstić information content (AvgIpc) is 2.73. The molecule has 0 aromatic heterocycles. The summed E-state index contributed by atoms with van der Waals surface area (Å²) < 4.78 is 11.7. The van der Waals surface area contributed by atoms with Crippen LogP contribution in [0.4, 0.5) is 5.69 Å².